The molecule has 0 unspecified atom stereocenters. The van der Waals surface area contributed by atoms with Gasteiger partial charge in [-0.1, -0.05) is 19.1 Å². The van der Waals surface area contributed by atoms with Gasteiger partial charge in [-0.2, -0.15) is 0 Å². The number of benzene rings is 1. The predicted octanol–water partition coefficient (Wildman–Crippen LogP) is 3.51. The molecule has 0 radical (unpaired) electrons. The molecule has 128 valence electrons. The third kappa shape index (κ3) is 2.83. The predicted molar refractivity (Wildman–Crippen MR) is 97.5 cm³/mol. The van der Waals surface area contributed by atoms with Crippen LogP contribution in [0, 0.1) is 0 Å². The van der Waals surface area contributed by atoms with Gasteiger partial charge in [0.15, 0.2) is 11.5 Å². The molecule has 5 nitrogen and oxygen atoms in total. The second kappa shape index (κ2) is 6.57. The Labute approximate surface area is 153 Å². The molecule has 3 heterocycles. The van der Waals surface area contributed by atoms with Crippen LogP contribution in [0.5, 0.6) is 11.5 Å². The number of rotatable bonds is 5. The number of hydrogen-bond acceptors (Lipinski definition) is 6. The van der Waals surface area contributed by atoms with Crippen molar-refractivity contribution in [3.05, 3.63) is 51.1 Å². The monoisotopic (exact) mass is 373 g/mol. The normalized spacial score (nSPS) is 16.3. The molecule has 0 aliphatic carbocycles. The third-order valence-corrected chi connectivity index (χ3v) is 5.80. The number of imide groups is 1. The molecular weight excluding hydrogens is 358 g/mol. The lowest BCUT2D eigenvalue weighted by molar-refractivity contribution is -0.137. The second-order valence-electron chi connectivity index (χ2n) is 5.50. The first kappa shape index (κ1) is 16.2. The minimum absolute atomic E-state index is 0.196. The highest BCUT2D eigenvalue weighted by Gasteiger charge is 2.39. The SMILES string of the molecule is CCSC1=C(c2cccs2)C(=O)N(Cc2ccc3c(c2)OCO3)C1=O. The van der Waals surface area contributed by atoms with Gasteiger partial charge in [0, 0.05) is 4.88 Å². The first-order chi connectivity index (χ1) is 12.2. The third-order valence-electron chi connectivity index (χ3n) is 3.96. The molecule has 1 aromatic carbocycles. The maximum absolute atomic E-state index is 12.9. The van der Waals surface area contributed by atoms with Gasteiger partial charge in [0.25, 0.3) is 11.8 Å². The summed E-state index contributed by atoms with van der Waals surface area (Å²) in [4.78, 5) is 28.4. The smallest absolute Gasteiger partial charge is 0.268 e. The molecule has 0 N–H and O–H groups in total. The first-order valence-corrected chi connectivity index (χ1v) is 9.71. The highest BCUT2D eigenvalue weighted by Crippen LogP contribution is 2.39. The number of carbonyl (C=O) groups excluding carboxylic acids is 2. The van der Waals surface area contributed by atoms with E-state index in [1.165, 1.54) is 28.0 Å². The summed E-state index contributed by atoms with van der Waals surface area (Å²) in [5.41, 5.74) is 1.35. The van der Waals surface area contributed by atoms with Crippen LogP contribution in [0.3, 0.4) is 0 Å². The van der Waals surface area contributed by atoms with E-state index in [1.54, 1.807) is 6.07 Å². The van der Waals surface area contributed by atoms with Gasteiger partial charge in [0.1, 0.15) is 0 Å². The summed E-state index contributed by atoms with van der Waals surface area (Å²) in [5, 5.41) is 1.91. The maximum Gasteiger partial charge on any atom is 0.268 e. The molecule has 0 saturated carbocycles. The standard InChI is InChI=1S/C18H15NO4S2/c1-2-24-16-15(14-4-3-7-25-14)17(20)19(18(16)21)9-11-5-6-12-13(8-11)23-10-22-12/h3-8H,2,9-10H2,1H3. The van der Waals surface area contributed by atoms with Gasteiger partial charge in [0.05, 0.1) is 17.0 Å². The number of nitrogens with zero attached hydrogens (tertiary/aromatic N) is 1. The van der Waals surface area contributed by atoms with Crippen LogP contribution < -0.4 is 9.47 Å². The molecule has 2 aromatic rings. The van der Waals surface area contributed by atoms with Gasteiger partial charge < -0.3 is 9.47 Å². The fourth-order valence-corrected chi connectivity index (χ4v) is 4.53. The van der Waals surface area contributed by atoms with Crippen molar-refractivity contribution >= 4 is 40.5 Å². The lowest BCUT2D eigenvalue weighted by Gasteiger charge is -2.15. The van der Waals surface area contributed by atoms with Crippen molar-refractivity contribution in [3.8, 4) is 11.5 Å². The molecule has 4 rings (SSSR count). The van der Waals surface area contributed by atoms with E-state index in [2.05, 4.69) is 0 Å². The summed E-state index contributed by atoms with van der Waals surface area (Å²) in [7, 11) is 0. The molecule has 0 atom stereocenters. The molecule has 0 bridgehead atoms. The summed E-state index contributed by atoms with van der Waals surface area (Å²) in [6, 6.07) is 9.24. The van der Waals surface area contributed by atoms with E-state index in [0.29, 0.717) is 22.0 Å². The van der Waals surface area contributed by atoms with E-state index >= 15 is 0 Å². The van der Waals surface area contributed by atoms with Crippen LogP contribution in [-0.4, -0.2) is 29.3 Å². The Morgan fingerprint density at radius 3 is 2.76 bits per heavy atom. The topological polar surface area (TPSA) is 55.8 Å². The van der Waals surface area contributed by atoms with Gasteiger partial charge >= 0.3 is 0 Å². The van der Waals surface area contributed by atoms with Crippen LogP contribution >= 0.6 is 23.1 Å². The Hall–Kier alpha value is -2.25. The van der Waals surface area contributed by atoms with Gasteiger partial charge in [-0.15, -0.1) is 23.1 Å². The number of ether oxygens (including phenoxy) is 2. The van der Waals surface area contributed by atoms with Crippen LogP contribution in [0.1, 0.15) is 17.4 Å². The van der Waals surface area contributed by atoms with Crippen molar-refractivity contribution in [3.63, 3.8) is 0 Å². The Kier molecular flexibility index (Phi) is 4.27. The number of thiophene rings is 1. The van der Waals surface area contributed by atoms with E-state index in [4.69, 9.17) is 9.47 Å². The summed E-state index contributed by atoms with van der Waals surface area (Å²) in [5.74, 6) is 1.61. The quantitative estimate of drug-likeness (QED) is 0.751. The van der Waals surface area contributed by atoms with E-state index < -0.39 is 0 Å². The van der Waals surface area contributed by atoms with Crippen LogP contribution in [0.2, 0.25) is 0 Å². The second-order valence-corrected chi connectivity index (χ2v) is 7.72. The Morgan fingerprint density at radius 1 is 1.16 bits per heavy atom. The highest BCUT2D eigenvalue weighted by molar-refractivity contribution is 8.04. The Balaban J connectivity index is 1.64. The molecule has 0 spiro atoms. The molecule has 2 aliphatic rings. The fraction of sp³-hybridized carbons (Fsp3) is 0.222. The zero-order chi connectivity index (χ0) is 17.4. The Bertz CT molecular complexity index is 873. The van der Waals surface area contributed by atoms with Gasteiger partial charge in [-0.3, -0.25) is 14.5 Å². The van der Waals surface area contributed by atoms with Gasteiger partial charge in [0.2, 0.25) is 6.79 Å². The van der Waals surface area contributed by atoms with Crippen LogP contribution in [0.4, 0.5) is 0 Å². The minimum atomic E-state index is -0.235. The van der Waals surface area contributed by atoms with Crippen molar-refractivity contribution in [2.45, 2.75) is 13.5 Å². The molecule has 2 amide bonds. The van der Waals surface area contributed by atoms with Crippen LogP contribution in [0.25, 0.3) is 5.57 Å². The number of hydrogen-bond donors (Lipinski definition) is 0. The molecule has 7 heteroatoms. The summed E-state index contributed by atoms with van der Waals surface area (Å²) >= 11 is 2.89. The molecule has 25 heavy (non-hydrogen) atoms. The highest BCUT2D eigenvalue weighted by atomic mass is 32.2. The number of thioether (sulfide) groups is 1. The summed E-state index contributed by atoms with van der Waals surface area (Å²) in [6.45, 7) is 2.39. The maximum atomic E-state index is 12.9. The van der Waals surface area contributed by atoms with Crippen molar-refractivity contribution in [2.75, 3.05) is 12.5 Å². The van der Waals surface area contributed by atoms with Gasteiger partial charge in [-0.25, -0.2) is 0 Å². The van der Waals surface area contributed by atoms with E-state index in [9.17, 15) is 9.59 Å². The zero-order valence-corrected chi connectivity index (χ0v) is 15.1. The summed E-state index contributed by atoms with van der Waals surface area (Å²) in [6.07, 6.45) is 0. The molecular formula is C18H15NO4S2. The van der Waals surface area contributed by atoms with E-state index in [0.717, 1.165) is 16.2 Å². The first-order valence-electron chi connectivity index (χ1n) is 7.84. The lowest BCUT2D eigenvalue weighted by Crippen LogP contribution is -2.30. The van der Waals surface area contributed by atoms with Crippen LogP contribution in [0.15, 0.2) is 40.6 Å². The van der Waals surface area contributed by atoms with Crippen molar-refractivity contribution in [1.29, 1.82) is 0 Å². The molecule has 0 saturated heterocycles. The van der Waals surface area contributed by atoms with Gasteiger partial charge in [-0.05, 0) is 34.9 Å². The zero-order valence-electron chi connectivity index (χ0n) is 13.5. The van der Waals surface area contributed by atoms with Crippen LogP contribution in [-0.2, 0) is 16.1 Å². The lowest BCUT2D eigenvalue weighted by atomic mass is 10.2. The Morgan fingerprint density at radius 2 is 2.00 bits per heavy atom. The molecule has 1 aromatic heterocycles. The van der Waals surface area contributed by atoms with Crippen molar-refractivity contribution in [1.82, 2.24) is 4.90 Å². The number of fused-ring (bicyclic) bond motifs is 1. The fourth-order valence-electron chi connectivity index (χ4n) is 2.84. The van der Waals surface area contributed by atoms with Crippen molar-refractivity contribution in [2.24, 2.45) is 0 Å². The number of carbonyl (C=O) groups is 2. The number of amides is 2. The molecule has 0 fully saturated rings. The minimum Gasteiger partial charge on any atom is -0.454 e. The molecule has 2 aliphatic heterocycles. The van der Waals surface area contributed by atoms with E-state index in [-0.39, 0.29) is 25.2 Å². The average Bonchev–Trinajstić information content (AvgIpc) is 3.32. The van der Waals surface area contributed by atoms with Crippen molar-refractivity contribution < 1.29 is 19.1 Å². The summed E-state index contributed by atoms with van der Waals surface area (Å²) < 4.78 is 10.7. The largest absolute Gasteiger partial charge is 0.454 e. The average molecular weight is 373 g/mol. The van der Waals surface area contributed by atoms with E-state index in [1.807, 2.05) is 36.6 Å².